The van der Waals surface area contributed by atoms with Crippen LogP contribution in [0.15, 0.2) is 64.0 Å². The number of amides is 1. The summed E-state index contributed by atoms with van der Waals surface area (Å²) < 4.78 is 11.9. The number of aromatic nitrogens is 3. The Labute approximate surface area is 178 Å². The molecular formula is C23H22N4O4. The molecule has 1 fully saturated rings. The van der Waals surface area contributed by atoms with E-state index in [1.165, 1.54) is 7.11 Å². The molecule has 8 heteroatoms. The molecule has 1 aliphatic rings. The van der Waals surface area contributed by atoms with E-state index >= 15 is 0 Å². The van der Waals surface area contributed by atoms with Gasteiger partial charge in [0.05, 0.1) is 13.4 Å². The smallest absolute Gasteiger partial charge is 0.409 e. The van der Waals surface area contributed by atoms with Crippen molar-refractivity contribution in [1.29, 1.82) is 0 Å². The summed E-state index contributed by atoms with van der Waals surface area (Å²) >= 11 is 0. The molecule has 0 aliphatic carbocycles. The molecule has 0 spiro atoms. The Kier molecular flexibility index (Phi) is 4.82. The average Bonchev–Trinajstić information content (AvgIpc) is 3.54. The van der Waals surface area contributed by atoms with Crippen molar-refractivity contribution in [3.63, 3.8) is 0 Å². The molecule has 2 aromatic carbocycles. The van der Waals surface area contributed by atoms with Crippen molar-refractivity contribution in [1.82, 2.24) is 19.7 Å². The maximum Gasteiger partial charge on any atom is 0.409 e. The van der Waals surface area contributed by atoms with Gasteiger partial charge in [-0.25, -0.2) is 14.7 Å². The van der Waals surface area contributed by atoms with Crippen molar-refractivity contribution < 1.29 is 13.9 Å². The summed E-state index contributed by atoms with van der Waals surface area (Å²) in [6.45, 7) is 1.70. The number of ether oxygens (including phenoxy) is 1. The van der Waals surface area contributed by atoms with Crippen LogP contribution in [0.3, 0.4) is 0 Å². The van der Waals surface area contributed by atoms with E-state index in [1.54, 1.807) is 15.7 Å². The van der Waals surface area contributed by atoms with E-state index in [1.807, 2.05) is 42.5 Å². The van der Waals surface area contributed by atoms with Gasteiger partial charge in [-0.3, -0.25) is 4.57 Å². The number of nitrogens with zero attached hydrogens (tertiary/aromatic N) is 3. The standard InChI is InChI=1S/C23H22N4O4/c1-30-23(29)26-10-8-15(13-26)14-27-21(24-25-22(27)28)17-4-2-16(3-5-17)18-6-7-20-19(12-18)9-11-31-20/h2-7,9,11-12,15H,8,10,13-14H2,1H3,(H,25,28)/t15-/m1/s1. The topological polar surface area (TPSA) is 93.4 Å². The molecule has 2 aromatic heterocycles. The van der Waals surface area contributed by atoms with Crippen LogP contribution in [0, 0.1) is 5.92 Å². The van der Waals surface area contributed by atoms with Crippen molar-refractivity contribution in [2.24, 2.45) is 5.92 Å². The van der Waals surface area contributed by atoms with E-state index < -0.39 is 0 Å². The van der Waals surface area contributed by atoms with Crippen molar-refractivity contribution >= 4 is 17.1 Å². The Balaban J connectivity index is 1.37. The number of carbonyl (C=O) groups is 1. The Hall–Kier alpha value is -3.81. The van der Waals surface area contributed by atoms with Gasteiger partial charge in [-0.15, -0.1) is 0 Å². The predicted molar refractivity (Wildman–Crippen MR) is 116 cm³/mol. The minimum atomic E-state index is -0.327. The summed E-state index contributed by atoms with van der Waals surface area (Å²) in [6.07, 6.45) is 2.18. The van der Waals surface area contributed by atoms with E-state index in [0.29, 0.717) is 25.5 Å². The molecular weight excluding hydrogens is 396 g/mol. The number of likely N-dealkylation sites (tertiary alicyclic amines) is 1. The number of hydrogen-bond donors (Lipinski definition) is 1. The van der Waals surface area contributed by atoms with Gasteiger partial charge < -0.3 is 14.1 Å². The first-order valence-corrected chi connectivity index (χ1v) is 10.2. The summed E-state index contributed by atoms with van der Waals surface area (Å²) in [5, 5.41) is 7.86. The average molecular weight is 418 g/mol. The number of furan rings is 1. The molecule has 1 saturated heterocycles. The minimum absolute atomic E-state index is 0.175. The van der Waals surface area contributed by atoms with Crippen molar-refractivity contribution in [3.05, 3.63) is 65.3 Å². The fourth-order valence-electron chi connectivity index (χ4n) is 4.20. The molecule has 0 bridgehead atoms. The number of carbonyl (C=O) groups excluding carboxylic acids is 1. The van der Waals surface area contributed by atoms with Gasteiger partial charge in [0.25, 0.3) is 0 Å². The van der Waals surface area contributed by atoms with Gasteiger partial charge in [-0.1, -0.05) is 30.3 Å². The monoisotopic (exact) mass is 418 g/mol. The summed E-state index contributed by atoms with van der Waals surface area (Å²) in [7, 11) is 1.38. The van der Waals surface area contributed by atoms with Gasteiger partial charge in [0.15, 0.2) is 5.82 Å². The second kappa shape index (κ2) is 7.79. The minimum Gasteiger partial charge on any atom is -0.464 e. The zero-order valence-electron chi connectivity index (χ0n) is 17.1. The molecule has 0 radical (unpaired) electrons. The van der Waals surface area contributed by atoms with Crippen LogP contribution >= 0.6 is 0 Å². The molecule has 4 aromatic rings. The van der Waals surface area contributed by atoms with Crippen LogP contribution in [0.25, 0.3) is 33.5 Å². The third-order valence-electron chi connectivity index (χ3n) is 5.85. The normalized spacial score (nSPS) is 16.2. The Morgan fingerprint density at radius 1 is 1.16 bits per heavy atom. The summed E-state index contributed by atoms with van der Waals surface area (Å²) in [6, 6.07) is 16.0. The summed E-state index contributed by atoms with van der Waals surface area (Å²) in [5.74, 6) is 0.771. The Morgan fingerprint density at radius 3 is 2.74 bits per heavy atom. The summed E-state index contributed by atoms with van der Waals surface area (Å²) in [4.78, 5) is 25.8. The highest BCUT2D eigenvalue weighted by molar-refractivity contribution is 5.83. The SMILES string of the molecule is COC(=O)N1CC[C@@H](Cn2c(-c3ccc(-c4ccc5occc5c4)cc3)n[nH]c2=O)C1. The van der Waals surface area contributed by atoms with Crippen LogP contribution < -0.4 is 5.69 Å². The second-order valence-corrected chi connectivity index (χ2v) is 7.78. The molecule has 1 atom stereocenters. The lowest BCUT2D eigenvalue weighted by Crippen LogP contribution is -2.30. The fourth-order valence-corrected chi connectivity index (χ4v) is 4.20. The van der Waals surface area contributed by atoms with Gasteiger partial charge in [-0.05, 0) is 41.7 Å². The number of hydrogen-bond acceptors (Lipinski definition) is 5. The Bertz CT molecular complexity index is 1280. The molecule has 31 heavy (non-hydrogen) atoms. The lowest BCUT2D eigenvalue weighted by molar-refractivity contribution is 0.131. The molecule has 1 N–H and O–H groups in total. The fraction of sp³-hybridized carbons (Fsp3) is 0.261. The number of rotatable bonds is 4. The second-order valence-electron chi connectivity index (χ2n) is 7.78. The number of H-pyrrole nitrogens is 1. The molecule has 3 heterocycles. The molecule has 158 valence electrons. The molecule has 0 unspecified atom stereocenters. The van der Waals surface area contributed by atoms with E-state index in [9.17, 15) is 9.59 Å². The highest BCUT2D eigenvalue weighted by atomic mass is 16.5. The van der Waals surface area contributed by atoms with Gasteiger partial charge in [0, 0.05) is 30.6 Å². The predicted octanol–water partition coefficient (Wildman–Crippen LogP) is 3.74. The van der Waals surface area contributed by atoms with Crippen molar-refractivity contribution in [3.8, 4) is 22.5 Å². The number of aromatic amines is 1. The molecule has 0 saturated carbocycles. The van der Waals surface area contributed by atoms with Crippen molar-refractivity contribution in [2.45, 2.75) is 13.0 Å². The van der Waals surface area contributed by atoms with E-state index in [4.69, 9.17) is 9.15 Å². The van der Waals surface area contributed by atoms with Crippen LogP contribution in [0.4, 0.5) is 4.79 Å². The maximum absolute atomic E-state index is 12.4. The van der Waals surface area contributed by atoms with Crippen LogP contribution in [-0.4, -0.2) is 46.0 Å². The van der Waals surface area contributed by atoms with Crippen LogP contribution in [0.2, 0.25) is 0 Å². The highest BCUT2D eigenvalue weighted by Gasteiger charge is 2.28. The number of methoxy groups -OCH3 is 1. The van der Waals surface area contributed by atoms with Gasteiger partial charge in [0.1, 0.15) is 5.58 Å². The van der Waals surface area contributed by atoms with Crippen LogP contribution in [0.5, 0.6) is 0 Å². The first-order valence-electron chi connectivity index (χ1n) is 10.2. The van der Waals surface area contributed by atoms with Gasteiger partial charge in [-0.2, -0.15) is 5.10 Å². The first kappa shape index (κ1) is 19.2. The third-order valence-corrected chi connectivity index (χ3v) is 5.85. The largest absolute Gasteiger partial charge is 0.464 e. The molecule has 8 nitrogen and oxygen atoms in total. The molecule has 5 rings (SSSR count). The molecule has 1 aliphatic heterocycles. The zero-order chi connectivity index (χ0) is 21.4. The van der Waals surface area contributed by atoms with Crippen LogP contribution in [0.1, 0.15) is 6.42 Å². The number of benzene rings is 2. The van der Waals surface area contributed by atoms with Gasteiger partial charge in [0.2, 0.25) is 0 Å². The van der Waals surface area contributed by atoms with E-state index in [0.717, 1.165) is 34.1 Å². The highest BCUT2D eigenvalue weighted by Crippen LogP contribution is 2.27. The summed E-state index contributed by atoms with van der Waals surface area (Å²) in [5.41, 5.74) is 3.63. The third kappa shape index (κ3) is 3.61. The zero-order valence-corrected chi connectivity index (χ0v) is 17.1. The lowest BCUT2D eigenvalue weighted by Gasteiger charge is -2.15. The van der Waals surface area contributed by atoms with Gasteiger partial charge >= 0.3 is 11.8 Å². The maximum atomic E-state index is 12.4. The van der Waals surface area contributed by atoms with Crippen LogP contribution in [-0.2, 0) is 11.3 Å². The Morgan fingerprint density at radius 2 is 1.94 bits per heavy atom. The first-order chi connectivity index (χ1) is 15.1. The quantitative estimate of drug-likeness (QED) is 0.545. The molecule has 1 amide bonds. The van der Waals surface area contributed by atoms with E-state index in [-0.39, 0.29) is 17.7 Å². The number of fused-ring (bicyclic) bond motifs is 1. The lowest BCUT2D eigenvalue weighted by atomic mass is 10.0. The van der Waals surface area contributed by atoms with Crippen molar-refractivity contribution in [2.75, 3.05) is 20.2 Å². The number of nitrogens with one attached hydrogen (secondary N) is 1. The van der Waals surface area contributed by atoms with E-state index in [2.05, 4.69) is 16.3 Å².